The smallest absolute Gasteiger partial charge is 0.0949 e. The van der Waals surface area contributed by atoms with Gasteiger partial charge in [-0.15, -0.1) is 0 Å². The molecule has 0 aliphatic rings. The van der Waals surface area contributed by atoms with Crippen LogP contribution in [0.1, 0.15) is 57.8 Å². The molecule has 1 rings (SSSR count). The topological polar surface area (TPSA) is 21.3 Å². The molecule has 0 fully saturated rings. The Labute approximate surface area is 124 Å². The van der Waals surface area contributed by atoms with Crippen LogP contribution in [0.2, 0.25) is 0 Å². The average Bonchev–Trinajstić information content (AvgIpc) is 2.38. The Balaban J connectivity index is 2.53. The molecular weight excluding hydrogens is 246 g/mol. The van der Waals surface area contributed by atoms with Gasteiger partial charge in [-0.1, -0.05) is 57.5 Å². The molecule has 20 heavy (non-hydrogen) atoms. The van der Waals surface area contributed by atoms with Crippen LogP contribution in [0, 0.1) is 12.8 Å². The van der Waals surface area contributed by atoms with Crippen LogP contribution < -0.4 is 5.32 Å². The van der Waals surface area contributed by atoms with Crippen LogP contribution in [-0.2, 0) is 4.74 Å². The summed E-state index contributed by atoms with van der Waals surface area (Å²) in [5.74, 6) is 0.755. The number of hydrogen-bond donors (Lipinski definition) is 1. The number of rotatable bonds is 9. The molecule has 1 N–H and O–H groups in total. The normalized spacial score (nSPS) is 13.2. The Morgan fingerprint density at radius 2 is 1.70 bits per heavy atom. The maximum atomic E-state index is 6.11. The van der Waals surface area contributed by atoms with Gasteiger partial charge in [-0.25, -0.2) is 0 Å². The maximum absolute atomic E-state index is 6.11. The number of ether oxygens (including phenoxy) is 1. The van der Waals surface area contributed by atoms with Gasteiger partial charge in [0.2, 0.25) is 0 Å². The van der Waals surface area contributed by atoms with Gasteiger partial charge >= 0.3 is 0 Å². The third-order valence-corrected chi connectivity index (χ3v) is 3.41. The van der Waals surface area contributed by atoms with Gasteiger partial charge in [-0.3, -0.25) is 0 Å². The van der Waals surface area contributed by atoms with Crippen molar-refractivity contribution >= 4 is 0 Å². The summed E-state index contributed by atoms with van der Waals surface area (Å²) in [5, 5.41) is 3.48. The van der Waals surface area contributed by atoms with Gasteiger partial charge in [-0.05, 0) is 31.2 Å². The van der Waals surface area contributed by atoms with Crippen LogP contribution in [0.25, 0.3) is 0 Å². The zero-order valence-electron chi connectivity index (χ0n) is 13.8. The Bertz CT molecular complexity index is 356. The van der Waals surface area contributed by atoms with Crippen LogP contribution in [0.5, 0.6) is 0 Å². The lowest BCUT2D eigenvalue weighted by molar-refractivity contribution is 0.0474. The molecule has 114 valence electrons. The number of hydrogen-bond acceptors (Lipinski definition) is 2. The minimum absolute atomic E-state index is 0.158. The molecule has 1 aromatic carbocycles. The minimum Gasteiger partial charge on any atom is -0.372 e. The lowest BCUT2D eigenvalue weighted by Crippen LogP contribution is -2.29. The van der Waals surface area contributed by atoms with Crippen molar-refractivity contribution in [1.29, 1.82) is 0 Å². The lowest BCUT2D eigenvalue weighted by Gasteiger charge is -2.21. The summed E-state index contributed by atoms with van der Waals surface area (Å²) in [5.41, 5.74) is 2.57. The van der Waals surface area contributed by atoms with E-state index >= 15 is 0 Å². The van der Waals surface area contributed by atoms with E-state index in [2.05, 4.69) is 64.2 Å². The zero-order valence-corrected chi connectivity index (χ0v) is 13.8. The highest BCUT2D eigenvalue weighted by molar-refractivity contribution is 5.23. The van der Waals surface area contributed by atoms with Crippen molar-refractivity contribution in [3.8, 4) is 0 Å². The van der Waals surface area contributed by atoms with Gasteiger partial charge in [-0.2, -0.15) is 0 Å². The molecular formula is C18H31NO. The fourth-order valence-corrected chi connectivity index (χ4v) is 2.11. The van der Waals surface area contributed by atoms with E-state index in [0.717, 1.165) is 25.5 Å². The fraction of sp³-hybridized carbons (Fsp3) is 0.667. The van der Waals surface area contributed by atoms with Gasteiger partial charge in [0, 0.05) is 19.2 Å². The van der Waals surface area contributed by atoms with Crippen molar-refractivity contribution in [2.45, 2.75) is 59.6 Å². The first kappa shape index (κ1) is 17.2. The Morgan fingerprint density at radius 3 is 2.25 bits per heavy atom. The summed E-state index contributed by atoms with van der Waals surface area (Å²) in [4.78, 5) is 0. The first-order chi connectivity index (χ1) is 9.49. The highest BCUT2D eigenvalue weighted by Crippen LogP contribution is 2.18. The molecule has 0 saturated heterocycles. The third-order valence-electron chi connectivity index (χ3n) is 3.41. The summed E-state index contributed by atoms with van der Waals surface area (Å²) in [6.07, 6.45) is 2.53. The van der Waals surface area contributed by atoms with Gasteiger partial charge in [0.15, 0.2) is 0 Å². The van der Waals surface area contributed by atoms with Gasteiger partial charge in [0.05, 0.1) is 6.10 Å². The van der Waals surface area contributed by atoms with Crippen molar-refractivity contribution in [2.75, 3.05) is 13.2 Å². The second-order valence-electron chi connectivity index (χ2n) is 6.37. The van der Waals surface area contributed by atoms with Gasteiger partial charge < -0.3 is 10.1 Å². The predicted molar refractivity (Wildman–Crippen MR) is 87.1 cm³/mol. The number of aryl methyl sites for hydroxylation is 1. The van der Waals surface area contributed by atoms with Crippen molar-refractivity contribution < 1.29 is 4.74 Å². The summed E-state index contributed by atoms with van der Waals surface area (Å²) in [6, 6.07) is 9.18. The Morgan fingerprint density at radius 1 is 1.05 bits per heavy atom. The van der Waals surface area contributed by atoms with Crippen LogP contribution in [0.4, 0.5) is 0 Å². The molecule has 0 bridgehead atoms. The van der Waals surface area contributed by atoms with Crippen molar-refractivity contribution in [3.05, 3.63) is 35.4 Å². The molecule has 1 atom stereocenters. The maximum Gasteiger partial charge on any atom is 0.0949 e. The largest absolute Gasteiger partial charge is 0.372 e. The summed E-state index contributed by atoms with van der Waals surface area (Å²) in [7, 11) is 0. The lowest BCUT2D eigenvalue weighted by atomic mass is 10.1. The fourth-order valence-electron chi connectivity index (χ4n) is 2.11. The predicted octanol–water partition coefficient (Wildman–Crippen LogP) is 4.49. The van der Waals surface area contributed by atoms with Crippen LogP contribution in [0.15, 0.2) is 24.3 Å². The van der Waals surface area contributed by atoms with E-state index in [-0.39, 0.29) is 6.10 Å². The molecule has 0 spiro atoms. The quantitative estimate of drug-likeness (QED) is 0.672. The van der Waals surface area contributed by atoms with Crippen LogP contribution in [-0.4, -0.2) is 19.2 Å². The van der Waals surface area contributed by atoms with E-state index in [4.69, 9.17) is 4.74 Å². The second kappa shape index (κ2) is 9.15. The van der Waals surface area contributed by atoms with Gasteiger partial charge in [0.1, 0.15) is 0 Å². The summed E-state index contributed by atoms with van der Waals surface area (Å²) < 4.78 is 6.11. The first-order valence-corrected chi connectivity index (χ1v) is 7.90. The molecule has 0 aliphatic heterocycles. The molecule has 2 heteroatoms. The molecule has 1 aromatic rings. The SMILES string of the molecule is Cc1ccc(C(CNC(C)C)OCCCC(C)C)cc1. The summed E-state index contributed by atoms with van der Waals surface area (Å²) >= 11 is 0. The van der Waals surface area contributed by atoms with E-state index in [1.54, 1.807) is 0 Å². The van der Waals surface area contributed by atoms with Crippen molar-refractivity contribution in [1.82, 2.24) is 5.32 Å². The Hall–Kier alpha value is -0.860. The minimum atomic E-state index is 0.158. The van der Waals surface area contributed by atoms with E-state index in [9.17, 15) is 0 Å². The van der Waals surface area contributed by atoms with Gasteiger partial charge in [0.25, 0.3) is 0 Å². The monoisotopic (exact) mass is 277 g/mol. The van der Waals surface area contributed by atoms with Crippen molar-refractivity contribution in [3.63, 3.8) is 0 Å². The molecule has 0 aromatic heterocycles. The van der Waals surface area contributed by atoms with E-state index in [0.29, 0.717) is 6.04 Å². The molecule has 0 heterocycles. The highest BCUT2D eigenvalue weighted by atomic mass is 16.5. The van der Waals surface area contributed by atoms with Crippen molar-refractivity contribution in [2.24, 2.45) is 5.92 Å². The molecule has 0 radical (unpaired) electrons. The summed E-state index contributed by atoms with van der Waals surface area (Å²) in [6.45, 7) is 12.7. The Kier molecular flexibility index (Phi) is 7.86. The average molecular weight is 277 g/mol. The zero-order chi connectivity index (χ0) is 15.0. The highest BCUT2D eigenvalue weighted by Gasteiger charge is 2.12. The molecule has 2 nitrogen and oxygen atoms in total. The molecule has 0 saturated carbocycles. The first-order valence-electron chi connectivity index (χ1n) is 7.90. The second-order valence-corrected chi connectivity index (χ2v) is 6.37. The number of nitrogens with one attached hydrogen (secondary N) is 1. The van der Waals surface area contributed by atoms with Crippen LogP contribution >= 0.6 is 0 Å². The number of benzene rings is 1. The van der Waals surface area contributed by atoms with E-state index in [1.165, 1.54) is 17.5 Å². The standard InChI is InChI=1S/C18H31NO/c1-14(2)7-6-12-20-18(13-19-15(3)4)17-10-8-16(5)9-11-17/h8-11,14-15,18-19H,6-7,12-13H2,1-5H3. The molecule has 0 amide bonds. The molecule has 0 aliphatic carbocycles. The van der Waals surface area contributed by atoms with E-state index in [1.807, 2.05) is 0 Å². The molecule has 1 unspecified atom stereocenters. The van der Waals surface area contributed by atoms with Crippen LogP contribution in [0.3, 0.4) is 0 Å². The van der Waals surface area contributed by atoms with E-state index < -0.39 is 0 Å². The third kappa shape index (κ3) is 7.06.